The molecule has 204 valence electrons. The number of carboxylic acid groups (broad SMARTS) is 2. The number of nitrogens with zero attached hydrogens (tertiary/aromatic N) is 1. The number of aliphatic hydroxyl groups excluding tert-OH is 1. The zero-order valence-corrected chi connectivity index (χ0v) is 20.3. The fraction of sp³-hybridized carbons (Fsp3) is 0.520. The van der Waals surface area contributed by atoms with E-state index in [0.29, 0.717) is 24.9 Å². The molecule has 0 unspecified atom stereocenters. The van der Waals surface area contributed by atoms with E-state index in [9.17, 15) is 34.5 Å². The molecule has 2 aliphatic carbocycles. The third kappa shape index (κ3) is 3.72. The van der Waals surface area contributed by atoms with E-state index < -0.39 is 66.0 Å². The number of aliphatic hydroxyl groups is 2. The van der Waals surface area contributed by atoms with Gasteiger partial charge in [-0.2, -0.15) is 0 Å². The Morgan fingerprint density at radius 2 is 1.95 bits per heavy atom. The Balaban J connectivity index is 1.37. The Bertz CT molecular complexity index is 1260. The summed E-state index contributed by atoms with van der Waals surface area (Å²) in [5, 5.41) is 50.6. The lowest BCUT2D eigenvalue weighted by molar-refractivity contribution is -0.175. The fourth-order valence-corrected chi connectivity index (χ4v) is 6.41. The second-order valence-corrected chi connectivity index (χ2v) is 10.2. The van der Waals surface area contributed by atoms with Crippen molar-refractivity contribution in [3.8, 4) is 11.5 Å². The third-order valence-corrected chi connectivity index (χ3v) is 8.11. The van der Waals surface area contributed by atoms with Crippen LogP contribution < -0.4 is 4.74 Å². The molecular weight excluding hydrogens is 506 g/mol. The maximum absolute atomic E-state index is 12.7. The predicted molar refractivity (Wildman–Crippen MR) is 123 cm³/mol. The number of aromatic hydroxyl groups is 1. The molecule has 13 heteroatoms. The Kier molecular flexibility index (Phi) is 6.12. The van der Waals surface area contributed by atoms with Crippen molar-refractivity contribution in [2.24, 2.45) is 0 Å². The average Bonchev–Trinajstić information content (AvgIpc) is 3.20. The smallest absolute Gasteiger partial charge is 0.345 e. The highest BCUT2D eigenvalue weighted by Gasteiger charge is 2.72. The summed E-state index contributed by atoms with van der Waals surface area (Å²) in [6, 6.07) is 3.05. The molecule has 0 aromatic heterocycles. The summed E-state index contributed by atoms with van der Waals surface area (Å²) < 4.78 is 16.2. The van der Waals surface area contributed by atoms with Crippen molar-refractivity contribution in [1.29, 1.82) is 0 Å². The van der Waals surface area contributed by atoms with Crippen molar-refractivity contribution >= 4 is 23.9 Å². The summed E-state index contributed by atoms with van der Waals surface area (Å²) in [5.41, 5.74) is -0.721. The van der Waals surface area contributed by atoms with Gasteiger partial charge in [-0.15, -0.1) is 0 Å². The highest BCUT2D eigenvalue weighted by atomic mass is 16.6. The molecule has 0 saturated carbocycles. The van der Waals surface area contributed by atoms with Crippen molar-refractivity contribution in [2.75, 3.05) is 13.6 Å². The molecule has 5 N–H and O–H groups in total. The second-order valence-electron chi connectivity index (χ2n) is 10.2. The zero-order valence-electron chi connectivity index (χ0n) is 20.3. The van der Waals surface area contributed by atoms with E-state index in [-0.39, 0.29) is 29.7 Å². The monoisotopic (exact) mass is 533 g/mol. The van der Waals surface area contributed by atoms with Gasteiger partial charge in [0.2, 0.25) is 6.10 Å². The average molecular weight is 533 g/mol. The Morgan fingerprint density at radius 3 is 2.63 bits per heavy atom. The first-order valence-corrected chi connectivity index (χ1v) is 12.1. The highest BCUT2D eigenvalue weighted by Crippen LogP contribution is 2.65. The van der Waals surface area contributed by atoms with Crippen molar-refractivity contribution in [3.63, 3.8) is 0 Å². The van der Waals surface area contributed by atoms with Gasteiger partial charge in [0.05, 0.1) is 23.9 Å². The minimum Gasteiger partial charge on any atom is -0.504 e. The Morgan fingerprint density at radius 1 is 1.21 bits per heavy atom. The number of benzene rings is 1. The minimum absolute atomic E-state index is 0.00753. The molecule has 13 nitrogen and oxygen atoms in total. The van der Waals surface area contributed by atoms with Gasteiger partial charge in [0.15, 0.2) is 23.7 Å². The molecule has 5 rings (SSSR count). The number of rotatable bonds is 8. The van der Waals surface area contributed by atoms with Crippen LogP contribution >= 0.6 is 0 Å². The van der Waals surface area contributed by atoms with Gasteiger partial charge in [-0.1, -0.05) is 6.07 Å². The lowest BCUT2D eigenvalue weighted by atomic mass is 9.50. The first kappa shape index (κ1) is 25.9. The number of carbonyl (C=O) groups excluding carboxylic acids is 2. The van der Waals surface area contributed by atoms with E-state index >= 15 is 0 Å². The molecule has 1 saturated heterocycles. The summed E-state index contributed by atoms with van der Waals surface area (Å²) in [4.78, 5) is 48.8. The van der Waals surface area contributed by atoms with Gasteiger partial charge >= 0.3 is 23.9 Å². The number of hydrogen-bond acceptors (Lipinski definition) is 11. The molecule has 2 bridgehead atoms. The Labute approximate surface area is 215 Å². The number of ether oxygens (including phenoxy) is 3. The van der Waals surface area contributed by atoms with Crippen LogP contribution in [0.15, 0.2) is 24.0 Å². The highest BCUT2D eigenvalue weighted by molar-refractivity contribution is 5.85. The molecule has 0 amide bonds. The summed E-state index contributed by atoms with van der Waals surface area (Å²) >= 11 is 0. The van der Waals surface area contributed by atoms with Crippen molar-refractivity contribution < 1.29 is 58.9 Å². The lowest BCUT2D eigenvalue weighted by Crippen LogP contribution is -2.74. The molecule has 38 heavy (non-hydrogen) atoms. The van der Waals surface area contributed by atoms with Crippen LogP contribution in [0.1, 0.15) is 36.8 Å². The molecule has 1 aromatic carbocycles. The van der Waals surface area contributed by atoms with Crippen LogP contribution in [0.5, 0.6) is 11.5 Å². The number of phenols is 1. The van der Waals surface area contributed by atoms with Gasteiger partial charge in [0.1, 0.15) is 5.76 Å². The number of carboxylic acids is 2. The molecular formula is C25H27NO12. The molecule has 1 spiro atoms. The van der Waals surface area contributed by atoms with Gasteiger partial charge in [-0.05, 0) is 44.1 Å². The largest absolute Gasteiger partial charge is 0.504 e. The number of phenolic OH excluding ortho intramolecular Hbond substituents is 1. The maximum atomic E-state index is 12.7. The number of esters is 2. The molecule has 2 aliphatic heterocycles. The van der Waals surface area contributed by atoms with Crippen LogP contribution in [0.3, 0.4) is 0 Å². The number of likely N-dealkylation sites (tertiary alicyclic amines) is 1. The lowest BCUT2D eigenvalue weighted by Gasteiger charge is -2.61. The van der Waals surface area contributed by atoms with E-state index in [4.69, 9.17) is 19.7 Å². The first-order chi connectivity index (χ1) is 17.9. The van der Waals surface area contributed by atoms with Crippen LogP contribution in [0, 0.1) is 0 Å². The number of piperidine rings is 1. The van der Waals surface area contributed by atoms with Gasteiger partial charge in [-0.3, -0.25) is 9.59 Å². The third-order valence-electron chi connectivity index (χ3n) is 8.11. The van der Waals surface area contributed by atoms with Gasteiger partial charge in [-0.25, -0.2) is 9.59 Å². The van der Waals surface area contributed by atoms with E-state index in [0.717, 1.165) is 5.56 Å². The molecule has 2 heterocycles. The topological polar surface area (TPSA) is 200 Å². The first-order valence-electron chi connectivity index (χ1n) is 12.1. The molecule has 0 radical (unpaired) electrons. The summed E-state index contributed by atoms with van der Waals surface area (Å²) in [7, 11) is 1.92. The van der Waals surface area contributed by atoms with Crippen LogP contribution in [0.4, 0.5) is 0 Å². The quantitative estimate of drug-likeness (QED) is 0.266. The molecule has 1 fully saturated rings. The number of aliphatic carboxylic acids is 2. The number of likely N-dealkylation sites (N-methyl/N-ethyl adjacent to an activating group) is 1. The van der Waals surface area contributed by atoms with E-state index in [2.05, 4.69) is 9.64 Å². The zero-order chi connectivity index (χ0) is 27.6. The fourth-order valence-electron chi connectivity index (χ4n) is 6.41. The second kappa shape index (κ2) is 8.96. The van der Waals surface area contributed by atoms with Crippen LogP contribution in [0.2, 0.25) is 0 Å². The van der Waals surface area contributed by atoms with Gasteiger partial charge < -0.3 is 44.6 Å². The summed E-state index contributed by atoms with van der Waals surface area (Å²) in [6.45, 7) is 0.609. The predicted octanol–water partition coefficient (Wildman–Crippen LogP) is -0.565. The van der Waals surface area contributed by atoms with E-state index in [1.54, 1.807) is 6.07 Å². The van der Waals surface area contributed by atoms with Crippen LogP contribution in [0.25, 0.3) is 0 Å². The standard InChI is InChI=1S/C25H27NO12/c1-26-7-6-24-19-11-2-3-12(27)20(19)38-21(24)14(4-5-25(24,35)16(26)8-11)37-23(34)13(28)9-18(31)36-15(22(32)33)10-17(29)30/h2-4,13,15-16,21,27-28,35H,5-10H2,1H3,(H,29,30)(H,32,33)/t13-,15-,16+,21-,24-,25+/m0/s1. The molecule has 4 aliphatic rings. The number of hydrogen-bond donors (Lipinski definition) is 5. The normalized spacial score (nSPS) is 30.2. The Hall–Kier alpha value is -3.68. The summed E-state index contributed by atoms with van der Waals surface area (Å²) in [6.07, 6.45) is -4.42. The molecule has 1 aromatic rings. The van der Waals surface area contributed by atoms with E-state index in [1.165, 1.54) is 12.1 Å². The summed E-state index contributed by atoms with van der Waals surface area (Å²) in [5.74, 6) is -5.66. The van der Waals surface area contributed by atoms with Gasteiger partial charge in [0, 0.05) is 18.0 Å². The van der Waals surface area contributed by atoms with Crippen molar-refractivity contribution in [2.45, 2.75) is 67.5 Å². The van der Waals surface area contributed by atoms with Crippen LogP contribution in [-0.4, -0.2) is 97.9 Å². The maximum Gasteiger partial charge on any atom is 0.345 e. The SMILES string of the molecule is CN1CC[C@]23c4c5ccc(O)c4O[C@H]2C(OC(=O)[C@@H](O)CC(=O)O[C@@H](CC(=O)O)C(=O)O)=CC[C@@]3(O)[C@H]1C5. The minimum atomic E-state index is -2.05. The van der Waals surface area contributed by atoms with E-state index in [1.807, 2.05) is 7.05 Å². The van der Waals surface area contributed by atoms with Crippen LogP contribution in [-0.2, 0) is 40.5 Å². The molecule has 6 atom stereocenters. The number of carbonyl (C=O) groups is 4. The van der Waals surface area contributed by atoms with Gasteiger partial charge in [0.25, 0.3) is 0 Å². The van der Waals surface area contributed by atoms with Crippen molar-refractivity contribution in [1.82, 2.24) is 4.90 Å². The van der Waals surface area contributed by atoms with Crippen molar-refractivity contribution in [3.05, 3.63) is 35.1 Å².